The molecule has 0 saturated carbocycles. The lowest BCUT2D eigenvalue weighted by atomic mass is 9.99. The number of esters is 1. The van der Waals surface area contributed by atoms with Gasteiger partial charge in [0.2, 0.25) is 17.5 Å². The topological polar surface area (TPSA) is 217 Å². The van der Waals surface area contributed by atoms with Gasteiger partial charge in [0, 0.05) is 17.7 Å². The number of rotatable bonds is 5. The van der Waals surface area contributed by atoms with E-state index in [9.17, 15) is 45.3 Å². The lowest BCUT2D eigenvalue weighted by Crippen LogP contribution is -2.61. The molecule has 0 amide bonds. The molecule has 1 fully saturated rings. The maximum atomic E-state index is 13.4. The van der Waals surface area contributed by atoms with Crippen LogP contribution < -0.4 is 10.2 Å². The third-order valence-electron chi connectivity index (χ3n) is 5.48. The second kappa shape index (κ2) is 9.54. The van der Waals surface area contributed by atoms with E-state index in [1.807, 2.05) is 0 Å². The molecule has 192 valence electrons. The van der Waals surface area contributed by atoms with E-state index in [0.29, 0.717) is 0 Å². The van der Waals surface area contributed by atoms with Crippen LogP contribution in [-0.2, 0) is 14.3 Å². The SMILES string of the molecule is CCOC(=O)[C@H]1O[C@@H](Oc2c(-c3ccc(O)c(O)c3)oc3cc(O)cc(O)c3c2=O)[C@H](O)[C@@H](O)[C@@H]1O. The summed E-state index contributed by atoms with van der Waals surface area (Å²) in [5.74, 6) is -4.33. The van der Waals surface area contributed by atoms with Gasteiger partial charge < -0.3 is 54.4 Å². The number of carbonyl (C=O) groups is 1. The largest absolute Gasteiger partial charge is 0.508 e. The molecule has 0 unspecified atom stereocenters. The average Bonchev–Trinajstić information content (AvgIpc) is 2.82. The average molecular weight is 506 g/mol. The van der Waals surface area contributed by atoms with Crippen molar-refractivity contribution in [2.45, 2.75) is 37.6 Å². The van der Waals surface area contributed by atoms with Crippen molar-refractivity contribution in [3.05, 3.63) is 40.6 Å². The summed E-state index contributed by atoms with van der Waals surface area (Å²) in [6.45, 7) is 1.42. The minimum Gasteiger partial charge on any atom is -0.508 e. The number of hydrogen-bond acceptors (Lipinski definition) is 13. The first kappa shape index (κ1) is 25.1. The number of aromatic hydroxyl groups is 4. The fourth-order valence-electron chi connectivity index (χ4n) is 3.71. The van der Waals surface area contributed by atoms with Gasteiger partial charge in [-0.3, -0.25) is 4.79 Å². The molecule has 4 rings (SSSR count). The Bertz CT molecular complexity index is 1360. The Balaban J connectivity index is 1.87. The minimum absolute atomic E-state index is 0.0186. The van der Waals surface area contributed by atoms with Gasteiger partial charge >= 0.3 is 5.97 Å². The van der Waals surface area contributed by atoms with Crippen molar-refractivity contribution < 1.29 is 59.2 Å². The molecule has 1 aliphatic heterocycles. The van der Waals surface area contributed by atoms with Gasteiger partial charge in [0.15, 0.2) is 23.4 Å². The van der Waals surface area contributed by atoms with Crippen molar-refractivity contribution in [2.24, 2.45) is 0 Å². The smallest absolute Gasteiger partial charge is 0.338 e. The Morgan fingerprint density at radius 2 is 1.67 bits per heavy atom. The highest BCUT2D eigenvalue weighted by molar-refractivity contribution is 5.88. The predicted octanol–water partition coefficient (Wildman–Crippen LogP) is 0.0319. The molecule has 5 atom stereocenters. The fourth-order valence-corrected chi connectivity index (χ4v) is 3.71. The molecule has 1 aromatic heterocycles. The standard InChI is InChI=1S/C23H22O13/c1-2-33-22(32)21-17(30)16(29)18(31)23(36-21)35-20-15(28)14-12(27)6-9(24)7-13(14)34-19(20)8-3-4-10(25)11(26)5-8/h3-7,16-18,21,23-27,29-31H,2H2,1H3/t16-,17-,18+,21-,23+/m0/s1. The molecular weight excluding hydrogens is 484 g/mol. The van der Waals surface area contributed by atoms with E-state index in [-0.39, 0.29) is 17.8 Å². The molecule has 1 aliphatic rings. The molecule has 0 radical (unpaired) electrons. The van der Waals surface area contributed by atoms with E-state index in [2.05, 4.69) is 0 Å². The van der Waals surface area contributed by atoms with Crippen molar-refractivity contribution in [3.63, 3.8) is 0 Å². The first-order valence-corrected chi connectivity index (χ1v) is 10.6. The predicted molar refractivity (Wildman–Crippen MR) is 119 cm³/mol. The Hall–Kier alpha value is -4.04. The summed E-state index contributed by atoms with van der Waals surface area (Å²) in [5.41, 5.74) is -1.31. The monoisotopic (exact) mass is 506 g/mol. The molecule has 1 saturated heterocycles. The minimum atomic E-state index is -1.96. The Kier molecular flexibility index (Phi) is 6.65. The summed E-state index contributed by atoms with van der Waals surface area (Å²) in [7, 11) is 0. The molecular formula is C23H22O13. The summed E-state index contributed by atoms with van der Waals surface area (Å²) in [4.78, 5) is 25.6. The highest BCUT2D eigenvalue weighted by Gasteiger charge is 2.49. The van der Waals surface area contributed by atoms with Crippen molar-refractivity contribution in [1.29, 1.82) is 0 Å². The Morgan fingerprint density at radius 3 is 2.33 bits per heavy atom. The number of phenols is 4. The maximum Gasteiger partial charge on any atom is 0.338 e. The van der Waals surface area contributed by atoms with Crippen LogP contribution in [0.25, 0.3) is 22.3 Å². The van der Waals surface area contributed by atoms with Gasteiger partial charge in [-0.2, -0.15) is 0 Å². The number of fused-ring (bicyclic) bond motifs is 1. The number of phenolic OH excluding ortho intramolecular Hbond substituents is 4. The Labute approximate surface area is 201 Å². The molecule has 0 bridgehead atoms. The first-order chi connectivity index (χ1) is 17.0. The summed E-state index contributed by atoms with van der Waals surface area (Å²) in [6.07, 6.45) is -9.49. The number of carbonyl (C=O) groups excluding carboxylic acids is 1. The normalized spacial score (nSPS) is 23.9. The van der Waals surface area contributed by atoms with Crippen LogP contribution >= 0.6 is 0 Å². The van der Waals surface area contributed by atoms with Crippen LogP contribution in [0.3, 0.4) is 0 Å². The van der Waals surface area contributed by atoms with E-state index in [4.69, 9.17) is 18.6 Å². The molecule has 0 spiro atoms. The molecule has 13 nitrogen and oxygen atoms in total. The lowest BCUT2D eigenvalue weighted by Gasteiger charge is -2.38. The van der Waals surface area contributed by atoms with Gasteiger partial charge in [0.1, 0.15) is 40.8 Å². The van der Waals surface area contributed by atoms with E-state index in [0.717, 1.165) is 24.3 Å². The van der Waals surface area contributed by atoms with Gasteiger partial charge in [0.25, 0.3) is 0 Å². The zero-order chi connectivity index (χ0) is 26.3. The van der Waals surface area contributed by atoms with Crippen LogP contribution in [0.5, 0.6) is 28.7 Å². The van der Waals surface area contributed by atoms with E-state index >= 15 is 0 Å². The first-order valence-electron chi connectivity index (χ1n) is 10.6. The molecule has 2 heterocycles. The quantitative estimate of drug-likeness (QED) is 0.180. The summed E-state index contributed by atoms with van der Waals surface area (Å²) < 4.78 is 21.3. The highest BCUT2D eigenvalue weighted by Crippen LogP contribution is 2.39. The number of hydrogen-bond donors (Lipinski definition) is 7. The van der Waals surface area contributed by atoms with Gasteiger partial charge in [-0.15, -0.1) is 0 Å². The molecule has 36 heavy (non-hydrogen) atoms. The second-order valence-corrected chi connectivity index (χ2v) is 7.90. The third-order valence-corrected chi connectivity index (χ3v) is 5.48. The molecule has 7 N–H and O–H groups in total. The van der Waals surface area contributed by atoms with Crippen LogP contribution in [0.15, 0.2) is 39.5 Å². The van der Waals surface area contributed by atoms with E-state index < -0.39 is 82.0 Å². The number of ether oxygens (including phenoxy) is 3. The molecule has 3 aromatic rings. The van der Waals surface area contributed by atoms with Crippen LogP contribution in [0.1, 0.15) is 6.92 Å². The third kappa shape index (κ3) is 4.35. The maximum absolute atomic E-state index is 13.4. The zero-order valence-corrected chi connectivity index (χ0v) is 18.6. The van der Waals surface area contributed by atoms with Gasteiger partial charge in [-0.05, 0) is 25.1 Å². The van der Waals surface area contributed by atoms with Crippen LogP contribution in [-0.4, -0.2) is 79.0 Å². The van der Waals surface area contributed by atoms with E-state index in [1.165, 1.54) is 13.0 Å². The fraction of sp³-hybridized carbons (Fsp3) is 0.304. The Morgan fingerprint density at radius 1 is 0.944 bits per heavy atom. The molecule has 0 aliphatic carbocycles. The zero-order valence-electron chi connectivity index (χ0n) is 18.6. The van der Waals surface area contributed by atoms with Crippen molar-refractivity contribution >= 4 is 16.9 Å². The van der Waals surface area contributed by atoms with Crippen molar-refractivity contribution in [2.75, 3.05) is 6.61 Å². The summed E-state index contributed by atoms with van der Waals surface area (Å²) >= 11 is 0. The summed E-state index contributed by atoms with van der Waals surface area (Å²) in [6, 6.07) is 5.26. The number of aliphatic hydroxyl groups excluding tert-OH is 3. The van der Waals surface area contributed by atoms with Crippen LogP contribution in [0, 0.1) is 0 Å². The van der Waals surface area contributed by atoms with Crippen LogP contribution in [0.4, 0.5) is 0 Å². The highest BCUT2D eigenvalue weighted by atomic mass is 16.7. The van der Waals surface area contributed by atoms with Gasteiger partial charge in [-0.1, -0.05) is 0 Å². The number of aliphatic hydroxyl groups is 3. The van der Waals surface area contributed by atoms with Crippen molar-refractivity contribution in [1.82, 2.24) is 0 Å². The summed E-state index contributed by atoms with van der Waals surface area (Å²) in [5, 5.41) is 70.0. The second-order valence-electron chi connectivity index (χ2n) is 7.90. The van der Waals surface area contributed by atoms with Crippen LogP contribution in [0.2, 0.25) is 0 Å². The molecule has 13 heteroatoms. The lowest BCUT2D eigenvalue weighted by molar-refractivity contribution is -0.272. The van der Waals surface area contributed by atoms with E-state index in [1.54, 1.807) is 0 Å². The molecule has 2 aromatic carbocycles. The van der Waals surface area contributed by atoms with Gasteiger partial charge in [-0.25, -0.2) is 4.79 Å². The number of benzene rings is 2. The van der Waals surface area contributed by atoms with Gasteiger partial charge in [0.05, 0.1) is 6.61 Å². The van der Waals surface area contributed by atoms with Crippen molar-refractivity contribution in [3.8, 4) is 40.1 Å².